The van der Waals surface area contributed by atoms with Gasteiger partial charge in [-0.25, -0.2) is 13.1 Å². The van der Waals surface area contributed by atoms with Crippen molar-refractivity contribution >= 4 is 23.8 Å². The smallest absolute Gasteiger partial charge is 0.251 e. The third-order valence-electron chi connectivity index (χ3n) is 5.94. The molecule has 2 aromatic rings. The Kier molecular flexibility index (Phi) is 14.4. The van der Waals surface area contributed by atoms with E-state index in [-0.39, 0.29) is 24.8 Å². The molecule has 10 heteroatoms. The third kappa shape index (κ3) is 13.4. The Morgan fingerprint density at radius 2 is 1.49 bits per heavy atom. The van der Waals surface area contributed by atoms with Crippen LogP contribution in [0.25, 0.3) is 0 Å². The first kappa shape index (κ1) is 32.7. The summed E-state index contributed by atoms with van der Waals surface area (Å²) in [4.78, 5) is 25.2. The van der Waals surface area contributed by atoms with Crippen LogP contribution in [0, 0.1) is 24.5 Å². The quantitative estimate of drug-likeness (QED) is 0.318. The van der Waals surface area contributed by atoms with Crippen molar-refractivity contribution in [3.63, 3.8) is 0 Å². The van der Waals surface area contributed by atoms with Crippen molar-refractivity contribution in [2.24, 2.45) is 5.92 Å². The van der Waals surface area contributed by atoms with Gasteiger partial charge in [-0.1, -0.05) is 26.7 Å². The van der Waals surface area contributed by atoms with Crippen LogP contribution in [0.3, 0.4) is 0 Å². The normalized spacial score (nSPS) is 15.5. The molecule has 2 atom stereocenters. The van der Waals surface area contributed by atoms with E-state index < -0.39 is 23.8 Å². The van der Waals surface area contributed by atoms with E-state index in [2.05, 4.69) is 14.9 Å². The van der Waals surface area contributed by atoms with Gasteiger partial charge >= 0.3 is 0 Å². The predicted octanol–water partition coefficient (Wildman–Crippen LogP) is 4.46. The first-order valence-electron chi connectivity index (χ1n) is 13.4. The number of benzene rings is 2. The van der Waals surface area contributed by atoms with Crippen LogP contribution >= 0.6 is 11.9 Å². The number of rotatable bonds is 10. The minimum atomic E-state index is -1.23. The number of carbonyl (C=O) groups excluding carboxylic acids is 2. The van der Waals surface area contributed by atoms with Crippen molar-refractivity contribution in [1.82, 2.24) is 14.9 Å². The summed E-state index contributed by atoms with van der Waals surface area (Å²) >= 11 is 1.72. The fourth-order valence-electron chi connectivity index (χ4n) is 3.79. The van der Waals surface area contributed by atoms with Crippen molar-refractivity contribution < 1.29 is 28.6 Å². The number of aliphatic hydroxyl groups excluding tert-OH is 2. The number of carbonyl (C=O) groups is 2. The van der Waals surface area contributed by atoms with Gasteiger partial charge < -0.3 is 20.8 Å². The largest absolute Gasteiger partial charge is 0.390 e. The molecule has 0 aromatic heterocycles. The molecule has 1 aliphatic rings. The molecule has 2 aromatic carbocycles. The number of hydrogen-bond acceptors (Lipinski definition) is 6. The number of nitrogens with one attached hydrogen (secondary N) is 2. The highest BCUT2D eigenvalue weighted by molar-refractivity contribution is 7.97. The molecule has 0 saturated carbocycles. The van der Waals surface area contributed by atoms with Gasteiger partial charge in [-0.05, 0) is 79.6 Å². The van der Waals surface area contributed by atoms with Gasteiger partial charge in [-0.3, -0.25) is 9.59 Å². The van der Waals surface area contributed by atoms with Gasteiger partial charge in [0.25, 0.3) is 5.91 Å². The number of hydrogen-bond donors (Lipinski definition) is 4. The second-order valence-corrected chi connectivity index (χ2v) is 11.3. The van der Waals surface area contributed by atoms with Crippen LogP contribution in [-0.4, -0.2) is 64.7 Å². The first-order chi connectivity index (χ1) is 18.5. The maximum atomic E-state index is 12.3. The lowest BCUT2D eigenvalue weighted by Gasteiger charge is -2.19. The molecule has 0 bridgehead atoms. The fourth-order valence-corrected chi connectivity index (χ4v) is 4.79. The Morgan fingerprint density at radius 1 is 0.897 bits per heavy atom. The Labute approximate surface area is 234 Å². The van der Waals surface area contributed by atoms with Gasteiger partial charge in [0.05, 0.1) is 18.6 Å². The maximum Gasteiger partial charge on any atom is 0.251 e. The summed E-state index contributed by atoms with van der Waals surface area (Å²) in [5, 5.41) is 25.3. The van der Waals surface area contributed by atoms with Gasteiger partial charge in [0.2, 0.25) is 5.91 Å². The van der Waals surface area contributed by atoms with Gasteiger partial charge in [-0.2, -0.15) is 0 Å². The highest BCUT2D eigenvalue weighted by Gasteiger charge is 2.21. The molecule has 7 nitrogen and oxygen atoms in total. The molecule has 0 spiro atoms. The molecule has 0 radical (unpaired) electrons. The Balaban J connectivity index is 0.000000499. The van der Waals surface area contributed by atoms with Crippen LogP contribution in [0.5, 0.6) is 0 Å². The molecular formula is C29H41F2N3O4S. The van der Waals surface area contributed by atoms with E-state index in [1.165, 1.54) is 37.8 Å². The zero-order chi connectivity index (χ0) is 28.8. The molecule has 2 unspecified atom stereocenters. The lowest BCUT2D eigenvalue weighted by Crippen LogP contribution is -2.41. The Bertz CT molecular complexity index is 981. The van der Waals surface area contributed by atoms with Crippen molar-refractivity contribution in [1.29, 1.82) is 0 Å². The maximum absolute atomic E-state index is 12.3. The molecule has 0 aliphatic carbocycles. The standard InChI is InChI=1S/C22H35N3O4S.C7H6F2/c1-16(2)14-23-21(28)13-19(26)20(27)15-24-22(29)17-7-9-18(10-8-17)30-25-11-5-3-4-6-12-25;1-5-2-6(8)4-7(9)3-5/h7-10,16,19-20,26-27H,3-6,11-15H2,1-2H3,(H,23,28)(H,24,29);2-4H,1H3. The highest BCUT2D eigenvalue weighted by atomic mass is 32.2. The molecule has 1 heterocycles. The molecule has 4 N–H and O–H groups in total. The van der Waals surface area contributed by atoms with E-state index in [0.29, 0.717) is 23.6 Å². The average Bonchev–Trinajstić information content (AvgIpc) is 3.14. The SMILES string of the molecule is CC(C)CNC(=O)CC(O)C(O)CNC(=O)c1ccc(SN2CCCCCC2)cc1.Cc1cc(F)cc(F)c1. The van der Waals surface area contributed by atoms with Crippen LogP contribution < -0.4 is 10.6 Å². The lowest BCUT2D eigenvalue weighted by atomic mass is 10.1. The van der Waals surface area contributed by atoms with Crippen molar-refractivity contribution in [3.05, 3.63) is 65.2 Å². The number of halogens is 2. The van der Waals surface area contributed by atoms with Crippen molar-refractivity contribution in [3.8, 4) is 0 Å². The summed E-state index contributed by atoms with van der Waals surface area (Å²) in [5.41, 5.74) is 1.10. The summed E-state index contributed by atoms with van der Waals surface area (Å²) in [5.74, 6) is -1.37. The van der Waals surface area contributed by atoms with Crippen molar-refractivity contribution in [2.45, 2.75) is 70.0 Å². The average molecular weight is 566 g/mol. The number of aliphatic hydroxyl groups is 2. The Morgan fingerprint density at radius 3 is 2.03 bits per heavy atom. The van der Waals surface area contributed by atoms with Crippen LogP contribution in [0.4, 0.5) is 8.78 Å². The van der Waals surface area contributed by atoms with Crippen LogP contribution in [0.1, 0.15) is 61.9 Å². The summed E-state index contributed by atoms with van der Waals surface area (Å²) < 4.78 is 26.7. The molecule has 216 valence electrons. The molecule has 2 amide bonds. The zero-order valence-corrected chi connectivity index (χ0v) is 23.8. The third-order valence-corrected chi connectivity index (χ3v) is 7.05. The number of nitrogens with zero attached hydrogens (tertiary/aromatic N) is 1. The van der Waals surface area contributed by atoms with E-state index in [4.69, 9.17) is 0 Å². The fraction of sp³-hybridized carbons (Fsp3) is 0.517. The predicted molar refractivity (Wildman–Crippen MR) is 150 cm³/mol. The minimum Gasteiger partial charge on any atom is -0.390 e. The van der Waals surface area contributed by atoms with Crippen LogP contribution in [0.15, 0.2) is 47.4 Å². The first-order valence-corrected chi connectivity index (χ1v) is 14.2. The second-order valence-electron chi connectivity index (χ2n) is 10.2. The molecule has 1 fully saturated rings. The van der Waals surface area contributed by atoms with Crippen molar-refractivity contribution in [2.75, 3.05) is 26.2 Å². The van der Waals surface area contributed by atoms with Gasteiger partial charge in [0.15, 0.2) is 0 Å². The molecular weight excluding hydrogens is 524 g/mol. The van der Waals surface area contributed by atoms with E-state index in [9.17, 15) is 28.6 Å². The molecule has 39 heavy (non-hydrogen) atoms. The number of aryl methyl sites for hydroxylation is 1. The highest BCUT2D eigenvalue weighted by Crippen LogP contribution is 2.26. The van der Waals surface area contributed by atoms with E-state index in [1.54, 1.807) is 31.0 Å². The second kappa shape index (κ2) is 17.2. The zero-order valence-electron chi connectivity index (χ0n) is 23.0. The monoisotopic (exact) mass is 565 g/mol. The summed E-state index contributed by atoms with van der Waals surface area (Å²) in [6.07, 6.45) is 2.38. The van der Waals surface area contributed by atoms with E-state index >= 15 is 0 Å². The number of amides is 2. The van der Waals surface area contributed by atoms with E-state index in [1.807, 2.05) is 26.0 Å². The summed E-state index contributed by atoms with van der Waals surface area (Å²) in [7, 11) is 0. The van der Waals surface area contributed by atoms with Crippen LogP contribution in [-0.2, 0) is 4.79 Å². The summed E-state index contributed by atoms with van der Waals surface area (Å²) in [6.45, 7) is 8.16. The molecule has 3 rings (SSSR count). The lowest BCUT2D eigenvalue weighted by molar-refractivity contribution is -0.124. The van der Waals surface area contributed by atoms with Gasteiger partial charge in [0, 0.05) is 42.7 Å². The summed E-state index contributed by atoms with van der Waals surface area (Å²) in [6, 6.07) is 10.8. The van der Waals surface area contributed by atoms with Crippen LogP contribution in [0.2, 0.25) is 0 Å². The van der Waals surface area contributed by atoms with Gasteiger partial charge in [0.1, 0.15) is 11.6 Å². The minimum absolute atomic E-state index is 0.123. The Hall–Kier alpha value is -2.53. The van der Waals surface area contributed by atoms with Gasteiger partial charge in [-0.15, -0.1) is 0 Å². The molecule has 1 aliphatic heterocycles. The van der Waals surface area contributed by atoms with E-state index in [0.717, 1.165) is 24.1 Å². The topological polar surface area (TPSA) is 102 Å². The molecule has 1 saturated heterocycles.